The minimum Gasteiger partial charge on any atom is -0.366 e. The number of aromatic amines is 1. The topological polar surface area (TPSA) is 108 Å². The number of amides is 1. The highest BCUT2D eigenvalue weighted by Gasteiger charge is 2.30. The zero-order chi connectivity index (χ0) is 24.4. The fourth-order valence-electron chi connectivity index (χ4n) is 5.68. The van der Waals surface area contributed by atoms with Crippen LogP contribution in [-0.2, 0) is 10.0 Å². The molecule has 2 fully saturated rings. The number of hydrogen-bond donors (Lipinski definition) is 3. The molecule has 2 heterocycles. The fourth-order valence-corrected chi connectivity index (χ4v) is 7.08. The van der Waals surface area contributed by atoms with Crippen LogP contribution in [0.15, 0.2) is 48.7 Å². The minimum atomic E-state index is -3.27. The highest BCUT2D eigenvalue weighted by molar-refractivity contribution is 7.89. The van der Waals surface area contributed by atoms with Crippen LogP contribution in [0.25, 0.3) is 22.0 Å². The Morgan fingerprint density at radius 3 is 2.43 bits per heavy atom. The summed E-state index contributed by atoms with van der Waals surface area (Å²) in [5, 5.41) is 4.40. The summed E-state index contributed by atoms with van der Waals surface area (Å²) < 4.78 is 27.5. The van der Waals surface area contributed by atoms with Crippen molar-refractivity contribution in [2.45, 2.75) is 50.5 Å². The molecule has 2 aliphatic rings. The van der Waals surface area contributed by atoms with Crippen LogP contribution in [0.3, 0.4) is 0 Å². The van der Waals surface area contributed by atoms with Gasteiger partial charge in [-0.05, 0) is 60.4 Å². The second-order valence-corrected chi connectivity index (χ2v) is 11.9. The third-order valence-corrected chi connectivity index (χ3v) is 9.50. The molecule has 1 aromatic heterocycles. The zero-order valence-electron chi connectivity index (χ0n) is 20.0. The second kappa shape index (κ2) is 10.1. The van der Waals surface area contributed by atoms with E-state index >= 15 is 0 Å². The number of nitrogens with one attached hydrogen (secondary N) is 2. The molecule has 1 amide bonds. The van der Waals surface area contributed by atoms with Crippen LogP contribution in [0, 0.1) is 0 Å². The first-order valence-electron chi connectivity index (χ1n) is 12.6. The van der Waals surface area contributed by atoms with Crippen LogP contribution >= 0.6 is 0 Å². The SMILES string of the molecule is NC(=O)c1cc(-c2ccccc2)cc2c(C3CCN(S(=O)(=O)CCNC4CCCC4)CC3)c[nH]c12. The molecular weight excluding hydrogens is 460 g/mol. The summed E-state index contributed by atoms with van der Waals surface area (Å²) in [7, 11) is -3.27. The van der Waals surface area contributed by atoms with Crippen LogP contribution in [0.1, 0.15) is 60.4 Å². The summed E-state index contributed by atoms with van der Waals surface area (Å²) in [6.07, 6.45) is 8.25. The summed E-state index contributed by atoms with van der Waals surface area (Å²) in [4.78, 5) is 15.5. The Morgan fingerprint density at radius 2 is 1.74 bits per heavy atom. The van der Waals surface area contributed by atoms with E-state index in [-0.39, 0.29) is 11.7 Å². The van der Waals surface area contributed by atoms with Crippen molar-refractivity contribution in [3.8, 4) is 11.1 Å². The molecule has 0 spiro atoms. The molecule has 0 bridgehead atoms. The maximum atomic E-state index is 12.9. The molecule has 3 aromatic rings. The Balaban J connectivity index is 1.31. The molecule has 1 aliphatic heterocycles. The van der Waals surface area contributed by atoms with Crippen molar-refractivity contribution in [3.63, 3.8) is 0 Å². The average molecular weight is 495 g/mol. The second-order valence-electron chi connectivity index (χ2n) is 9.85. The summed E-state index contributed by atoms with van der Waals surface area (Å²) in [6, 6.07) is 14.4. The highest BCUT2D eigenvalue weighted by Crippen LogP contribution is 2.37. The number of rotatable bonds is 8. The van der Waals surface area contributed by atoms with Crippen LogP contribution < -0.4 is 11.1 Å². The first-order chi connectivity index (χ1) is 16.9. The predicted octanol–water partition coefficient (Wildman–Crippen LogP) is 3.98. The minimum absolute atomic E-state index is 0.156. The van der Waals surface area contributed by atoms with Gasteiger partial charge in [0, 0.05) is 37.3 Å². The van der Waals surface area contributed by atoms with Crippen LogP contribution in [-0.4, -0.2) is 55.0 Å². The third-order valence-electron chi connectivity index (χ3n) is 7.63. The van der Waals surface area contributed by atoms with Crippen molar-refractivity contribution < 1.29 is 13.2 Å². The maximum absolute atomic E-state index is 12.9. The summed E-state index contributed by atoms with van der Waals surface area (Å²) in [6.45, 7) is 1.56. The number of nitrogens with zero attached hydrogens (tertiary/aromatic N) is 1. The van der Waals surface area contributed by atoms with Gasteiger partial charge >= 0.3 is 0 Å². The first kappa shape index (κ1) is 24.0. The smallest absolute Gasteiger partial charge is 0.250 e. The molecule has 35 heavy (non-hydrogen) atoms. The van der Waals surface area contributed by atoms with E-state index < -0.39 is 15.9 Å². The van der Waals surface area contributed by atoms with Gasteiger partial charge in [-0.3, -0.25) is 4.79 Å². The molecule has 186 valence electrons. The number of carbonyl (C=O) groups excluding carboxylic acids is 1. The van der Waals surface area contributed by atoms with Crippen molar-refractivity contribution in [1.82, 2.24) is 14.6 Å². The van der Waals surface area contributed by atoms with Gasteiger partial charge in [0.25, 0.3) is 5.91 Å². The number of aromatic nitrogens is 1. The molecule has 0 radical (unpaired) electrons. The molecule has 1 aliphatic carbocycles. The van der Waals surface area contributed by atoms with Gasteiger partial charge in [0.05, 0.1) is 16.8 Å². The monoisotopic (exact) mass is 494 g/mol. The maximum Gasteiger partial charge on any atom is 0.250 e. The molecule has 8 heteroatoms. The van der Waals surface area contributed by atoms with Crippen LogP contribution in [0.2, 0.25) is 0 Å². The summed E-state index contributed by atoms with van der Waals surface area (Å²) >= 11 is 0. The normalized spacial score (nSPS) is 18.4. The predicted molar refractivity (Wildman–Crippen MR) is 140 cm³/mol. The first-order valence-corrected chi connectivity index (χ1v) is 14.2. The van der Waals surface area contributed by atoms with E-state index in [2.05, 4.69) is 16.4 Å². The van der Waals surface area contributed by atoms with Gasteiger partial charge < -0.3 is 16.0 Å². The van der Waals surface area contributed by atoms with Crippen molar-refractivity contribution >= 4 is 26.8 Å². The highest BCUT2D eigenvalue weighted by atomic mass is 32.2. The fraction of sp³-hybridized carbons (Fsp3) is 0.444. The van der Waals surface area contributed by atoms with E-state index in [0.29, 0.717) is 31.2 Å². The number of primary amides is 1. The van der Waals surface area contributed by atoms with Gasteiger partial charge in [-0.1, -0.05) is 43.2 Å². The summed E-state index contributed by atoms with van der Waals surface area (Å²) in [5.41, 5.74) is 10.0. The number of carbonyl (C=O) groups is 1. The molecular formula is C27H34N4O3S. The van der Waals surface area contributed by atoms with E-state index in [9.17, 15) is 13.2 Å². The van der Waals surface area contributed by atoms with Gasteiger partial charge in [-0.2, -0.15) is 0 Å². The summed E-state index contributed by atoms with van der Waals surface area (Å²) in [5.74, 6) is -0.0872. The van der Waals surface area contributed by atoms with Crippen molar-refractivity contribution in [2.75, 3.05) is 25.4 Å². The quantitative estimate of drug-likeness (QED) is 0.440. The van der Waals surface area contributed by atoms with Crippen molar-refractivity contribution in [2.24, 2.45) is 5.73 Å². The zero-order valence-corrected chi connectivity index (χ0v) is 20.8. The molecule has 1 saturated heterocycles. The molecule has 5 rings (SSSR count). The van der Waals surface area contributed by atoms with Gasteiger partial charge in [0.15, 0.2) is 0 Å². The number of H-pyrrole nitrogens is 1. The lowest BCUT2D eigenvalue weighted by Gasteiger charge is -2.31. The molecule has 4 N–H and O–H groups in total. The van der Waals surface area contributed by atoms with Crippen molar-refractivity contribution in [3.05, 3.63) is 59.8 Å². The number of benzene rings is 2. The molecule has 7 nitrogen and oxygen atoms in total. The van der Waals surface area contributed by atoms with Gasteiger partial charge in [0.1, 0.15) is 0 Å². The van der Waals surface area contributed by atoms with Crippen LogP contribution in [0.5, 0.6) is 0 Å². The molecule has 0 atom stereocenters. The standard InChI is InChI=1S/C27H34N4O3S/c28-27(32)24-17-21(19-6-2-1-3-7-19)16-23-25(18-30-26(23)24)20-10-13-31(14-11-20)35(33,34)15-12-29-22-8-4-5-9-22/h1-3,6-7,16-18,20,22,29-30H,4-5,8-15H2,(H2,28,32). The Hall–Kier alpha value is -2.68. The largest absolute Gasteiger partial charge is 0.366 e. The molecule has 2 aromatic carbocycles. The lowest BCUT2D eigenvalue weighted by Crippen LogP contribution is -2.42. The number of hydrogen-bond acceptors (Lipinski definition) is 4. The van der Waals surface area contributed by atoms with E-state index in [1.165, 1.54) is 12.8 Å². The lowest BCUT2D eigenvalue weighted by molar-refractivity contribution is 0.100. The Kier molecular flexibility index (Phi) is 6.95. The van der Waals surface area contributed by atoms with E-state index in [1.54, 1.807) is 4.31 Å². The average Bonchev–Trinajstić information content (AvgIpc) is 3.54. The van der Waals surface area contributed by atoms with Gasteiger partial charge in [0.2, 0.25) is 10.0 Å². The van der Waals surface area contributed by atoms with Gasteiger partial charge in [-0.15, -0.1) is 0 Å². The number of fused-ring (bicyclic) bond motifs is 1. The lowest BCUT2D eigenvalue weighted by atomic mass is 9.88. The Bertz CT molecular complexity index is 1290. The van der Waals surface area contributed by atoms with Crippen molar-refractivity contribution in [1.29, 1.82) is 0 Å². The van der Waals surface area contributed by atoms with Gasteiger partial charge in [-0.25, -0.2) is 12.7 Å². The number of piperidine rings is 1. The third kappa shape index (κ3) is 5.15. The Labute approximate surface area is 207 Å². The van der Waals surface area contributed by atoms with E-state index in [1.807, 2.05) is 42.6 Å². The van der Waals surface area contributed by atoms with Crippen LogP contribution in [0.4, 0.5) is 0 Å². The molecule has 0 unspecified atom stereocenters. The van der Waals surface area contributed by atoms with E-state index in [4.69, 9.17) is 5.73 Å². The van der Waals surface area contributed by atoms with E-state index in [0.717, 1.165) is 53.3 Å². The molecule has 1 saturated carbocycles. The number of nitrogens with two attached hydrogens (primary N) is 1. The Morgan fingerprint density at radius 1 is 1.03 bits per heavy atom. The number of sulfonamides is 1.